The van der Waals surface area contributed by atoms with Crippen LogP contribution in [0.4, 0.5) is 10.5 Å². The average Bonchev–Trinajstić information content (AvgIpc) is 3.11. The van der Waals surface area contributed by atoms with Gasteiger partial charge in [-0.2, -0.15) is 5.26 Å². The van der Waals surface area contributed by atoms with Gasteiger partial charge in [0.05, 0.1) is 30.2 Å². The van der Waals surface area contributed by atoms with Gasteiger partial charge in [0.25, 0.3) is 0 Å². The number of aromatic nitrogens is 2. The van der Waals surface area contributed by atoms with Gasteiger partial charge in [-0.05, 0) is 18.2 Å². The van der Waals surface area contributed by atoms with E-state index in [0.29, 0.717) is 25.2 Å². The number of H-pyrrole nitrogens is 1. The number of benzene rings is 1. The van der Waals surface area contributed by atoms with Crippen molar-refractivity contribution in [3.8, 4) is 6.07 Å². The van der Waals surface area contributed by atoms with E-state index in [1.807, 2.05) is 6.07 Å². The summed E-state index contributed by atoms with van der Waals surface area (Å²) in [5.74, 6) is 0. The van der Waals surface area contributed by atoms with Gasteiger partial charge in [-0.1, -0.05) is 6.07 Å². The predicted octanol–water partition coefficient (Wildman–Crippen LogP) is 1.72. The highest BCUT2D eigenvalue weighted by molar-refractivity contribution is 5.94. The molecule has 100 valence electrons. The summed E-state index contributed by atoms with van der Waals surface area (Å²) in [5, 5.41) is 8.92. The third kappa shape index (κ3) is 2.21. The lowest BCUT2D eigenvalue weighted by molar-refractivity contribution is 0.218. The number of imidazole rings is 1. The van der Waals surface area contributed by atoms with Crippen LogP contribution < -0.4 is 4.90 Å². The van der Waals surface area contributed by atoms with Gasteiger partial charge in [0.1, 0.15) is 0 Å². The highest BCUT2D eigenvalue weighted by atomic mass is 16.2. The summed E-state index contributed by atoms with van der Waals surface area (Å²) in [4.78, 5) is 22.8. The van der Waals surface area contributed by atoms with E-state index < -0.39 is 0 Å². The lowest BCUT2D eigenvalue weighted by Crippen LogP contribution is -2.31. The first-order valence-electron chi connectivity index (χ1n) is 6.32. The van der Waals surface area contributed by atoms with E-state index in [9.17, 15) is 4.79 Å². The van der Waals surface area contributed by atoms with Crippen LogP contribution in [0.5, 0.6) is 0 Å². The van der Waals surface area contributed by atoms with Crippen molar-refractivity contribution >= 4 is 11.7 Å². The number of amides is 2. The lowest BCUT2D eigenvalue weighted by Gasteiger charge is -2.18. The third-order valence-electron chi connectivity index (χ3n) is 3.29. The number of hydrogen-bond acceptors (Lipinski definition) is 3. The molecule has 0 unspecified atom stereocenters. The van der Waals surface area contributed by atoms with Gasteiger partial charge >= 0.3 is 6.03 Å². The minimum absolute atomic E-state index is 0.0527. The number of carbonyl (C=O) groups is 1. The molecule has 2 heterocycles. The molecule has 0 aliphatic carbocycles. The number of hydrogen-bond donors (Lipinski definition) is 1. The first-order chi connectivity index (χ1) is 9.78. The molecule has 3 rings (SSSR count). The third-order valence-corrected chi connectivity index (χ3v) is 3.29. The van der Waals surface area contributed by atoms with Crippen molar-refractivity contribution in [1.29, 1.82) is 5.26 Å². The first kappa shape index (κ1) is 12.2. The van der Waals surface area contributed by atoms with Crippen molar-refractivity contribution in [3.63, 3.8) is 0 Å². The summed E-state index contributed by atoms with van der Waals surface area (Å²) in [6.07, 6.45) is 3.39. The van der Waals surface area contributed by atoms with Crippen molar-refractivity contribution in [2.45, 2.75) is 6.54 Å². The molecule has 0 radical (unpaired) electrons. The fourth-order valence-electron chi connectivity index (χ4n) is 2.29. The summed E-state index contributed by atoms with van der Waals surface area (Å²) in [7, 11) is 0. The minimum atomic E-state index is -0.0527. The Morgan fingerprint density at radius 2 is 2.30 bits per heavy atom. The maximum atomic E-state index is 12.4. The molecular weight excluding hydrogens is 254 g/mol. The molecule has 1 fully saturated rings. The largest absolute Gasteiger partial charge is 0.351 e. The van der Waals surface area contributed by atoms with Crippen molar-refractivity contribution in [2.75, 3.05) is 18.0 Å². The van der Waals surface area contributed by atoms with Crippen LogP contribution in [0.15, 0.2) is 36.8 Å². The number of rotatable bonds is 3. The maximum Gasteiger partial charge on any atom is 0.324 e. The van der Waals surface area contributed by atoms with Gasteiger partial charge in [-0.15, -0.1) is 0 Å². The van der Waals surface area contributed by atoms with E-state index >= 15 is 0 Å². The van der Waals surface area contributed by atoms with E-state index in [1.165, 1.54) is 0 Å². The van der Waals surface area contributed by atoms with Crippen LogP contribution in [-0.4, -0.2) is 34.0 Å². The molecule has 20 heavy (non-hydrogen) atoms. The van der Waals surface area contributed by atoms with Crippen molar-refractivity contribution in [1.82, 2.24) is 14.9 Å². The molecule has 1 saturated heterocycles. The van der Waals surface area contributed by atoms with Gasteiger partial charge in [0.2, 0.25) is 0 Å². The summed E-state index contributed by atoms with van der Waals surface area (Å²) in [6.45, 7) is 1.78. The van der Waals surface area contributed by atoms with Gasteiger partial charge in [-0.25, -0.2) is 9.78 Å². The van der Waals surface area contributed by atoms with Crippen LogP contribution in [0.2, 0.25) is 0 Å². The predicted molar refractivity (Wildman–Crippen MR) is 72.9 cm³/mol. The molecule has 0 bridgehead atoms. The van der Waals surface area contributed by atoms with Crippen molar-refractivity contribution < 1.29 is 4.79 Å². The Morgan fingerprint density at radius 1 is 1.40 bits per heavy atom. The summed E-state index contributed by atoms with van der Waals surface area (Å²) in [5.41, 5.74) is 2.16. The monoisotopic (exact) mass is 267 g/mol. The molecule has 1 aliphatic heterocycles. The van der Waals surface area contributed by atoms with Gasteiger partial charge < -0.3 is 9.88 Å². The summed E-state index contributed by atoms with van der Waals surface area (Å²) < 4.78 is 0. The standard InChI is InChI=1S/C14H13N5O/c15-7-11-2-1-3-13(6-11)19-5-4-18(14(19)20)9-12-8-16-10-17-12/h1-3,6,8,10H,4-5,9H2,(H,16,17). The number of aromatic amines is 1. The van der Waals surface area contributed by atoms with Crippen LogP contribution in [-0.2, 0) is 6.54 Å². The fourth-order valence-corrected chi connectivity index (χ4v) is 2.29. The van der Waals surface area contributed by atoms with E-state index in [2.05, 4.69) is 16.0 Å². The van der Waals surface area contributed by atoms with E-state index in [1.54, 1.807) is 40.5 Å². The zero-order valence-electron chi connectivity index (χ0n) is 10.8. The number of carbonyl (C=O) groups excluding carboxylic acids is 1. The first-order valence-corrected chi connectivity index (χ1v) is 6.32. The number of nitriles is 1. The molecule has 2 aromatic rings. The highest BCUT2D eigenvalue weighted by Gasteiger charge is 2.29. The molecule has 1 N–H and O–H groups in total. The molecule has 1 aromatic carbocycles. The van der Waals surface area contributed by atoms with Crippen LogP contribution in [0.3, 0.4) is 0 Å². The van der Waals surface area contributed by atoms with Crippen LogP contribution >= 0.6 is 0 Å². The number of nitrogens with zero attached hydrogens (tertiary/aromatic N) is 4. The van der Waals surface area contributed by atoms with Gasteiger partial charge in [0.15, 0.2) is 0 Å². The van der Waals surface area contributed by atoms with Crippen LogP contribution in [0.25, 0.3) is 0 Å². The molecule has 6 heteroatoms. The normalized spacial score (nSPS) is 14.7. The van der Waals surface area contributed by atoms with Crippen LogP contribution in [0.1, 0.15) is 11.3 Å². The SMILES string of the molecule is N#Cc1cccc(N2CCN(Cc3c[nH]cn3)C2=O)c1. The second kappa shape index (κ2) is 5.05. The van der Waals surface area contributed by atoms with Crippen molar-refractivity contribution in [3.05, 3.63) is 48.0 Å². The Kier molecular flexibility index (Phi) is 3.09. The molecular formula is C14H13N5O. The zero-order chi connectivity index (χ0) is 13.9. The number of urea groups is 1. The van der Waals surface area contributed by atoms with Crippen LogP contribution in [0, 0.1) is 11.3 Å². The summed E-state index contributed by atoms with van der Waals surface area (Å²) >= 11 is 0. The quantitative estimate of drug-likeness (QED) is 0.920. The number of nitrogens with one attached hydrogen (secondary N) is 1. The van der Waals surface area contributed by atoms with E-state index in [4.69, 9.17) is 5.26 Å². The molecule has 1 aliphatic rings. The summed E-state index contributed by atoms with van der Waals surface area (Å²) in [6, 6.07) is 9.13. The Balaban J connectivity index is 1.76. The zero-order valence-corrected chi connectivity index (χ0v) is 10.8. The van der Waals surface area contributed by atoms with Gasteiger partial charge in [-0.3, -0.25) is 4.90 Å². The Labute approximate surface area is 116 Å². The molecule has 2 amide bonds. The van der Waals surface area contributed by atoms with Crippen molar-refractivity contribution in [2.24, 2.45) is 0 Å². The Hall–Kier alpha value is -2.81. The molecule has 0 saturated carbocycles. The van der Waals surface area contributed by atoms with E-state index in [0.717, 1.165) is 11.4 Å². The molecule has 1 aromatic heterocycles. The Morgan fingerprint density at radius 3 is 3.05 bits per heavy atom. The second-order valence-corrected chi connectivity index (χ2v) is 4.58. The molecule has 6 nitrogen and oxygen atoms in total. The topological polar surface area (TPSA) is 76.0 Å². The fraction of sp³-hybridized carbons (Fsp3) is 0.214. The highest BCUT2D eigenvalue weighted by Crippen LogP contribution is 2.22. The molecule has 0 spiro atoms. The second-order valence-electron chi connectivity index (χ2n) is 4.58. The average molecular weight is 267 g/mol. The lowest BCUT2D eigenvalue weighted by atomic mass is 10.2. The Bertz CT molecular complexity index is 658. The minimum Gasteiger partial charge on any atom is -0.351 e. The smallest absolute Gasteiger partial charge is 0.324 e. The molecule has 0 atom stereocenters. The van der Waals surface area contributed by atoms with E-state index in [-0.39, 0.29) is 6.03 Å². The maximum absolute atomic E-state index is 12.4. The van der Waals surface area contributed by atoms with Gasteiger partial charge in [0, 0.05) is 25.0 Å². The number of anilines is 1.